The lowest BCUT2D eigenvalue weighted by Gasteiger charge is -2.23. The van der Waals surface area contributed by atoms with Crippen molar-refractivity contribution in [2.24, 2.45) is 10.8 Å². The predicted octanol–water partition coefficient (Wildman–Crippen LogP) is 7.49. The van der Waals surface area contributed by atoms with E-state index in [1.165, 1.54) is 24.3 Å². The number of aliphatic hydroxyl groups is 2. The summed E-state index contributed by atoms with van der Waals surface area (Å²) in [5.41, 5.74) is -1.63. The van der Waals surface area contributed by atoms with Crippen LogP contribution in [0.25, 0.3) is 0 Å². The Morgan fingerprint density at radius 1 is 0.625 bits per heavy atom. The third-order valence-electron chi connectivity index (χ3n) is 11.7. The van der Waals surface area contributed by atoms with Crippen molar-refractivity contribution >= 4 is 47.1 Å². The smallest absolute Gasteiger partial charge is 0.279 e. The Bertz CT molecular complexity index is 1870. The highest BCUT2D eigenvalue weighted by molar-refractivity contribution is 5.86. The van der Waals surface area contributed by atoms with Gasteiger partial charge in [-0.15, -0.1) is 0 Å². The third-order valence-corrected chi connectivity index (χ3v) is 11.7. The number of carbonyl (C=O) groups excluding carboxylic acids is 4. The fraction of sp³-hybridized carbons (Fsp3) is 0.636. The highest BCUT2D eigenvalue weighted by Crippen LogP contribution is 2.38. The fourth-order valence-electron chi connectivity index (χ4n) is 7.67. The van der Waals surface area contributed by atoms with Gasteiger partial charge in [-0.25, -0.2) is 0 Å². The minimum Gasteiger partial charge on any atom is -0.390 e. The Morgan fingerprint density at radius 3 is 1.34 bits per heavy atom. The summed E-state index contributed by atoms with van der Waals surface area (Å²) in [6, 6.07) is 7.55. The molecule has 2 amide bonds. The van der Waals surface area contributed by atoms with Gasteiger partial charge in [-0.05, 0) is 70.4 Å². The quantitative estimate of drug-likeness (QED) is 0.0256. The molecule has 1 aliphatic rings. The standard InChI is InChI=1S/C22H33N3O7.C22H31N3O7/c1-22(14-19(26)20(27)15-22)21(28)23-12-8-6-4-2-3-5-7-9-16-10-11-17(24(29)30)13-18(16)25(31)32;1-22(12-15-26,13-16-27)21(28)23-14-8-6-4-2-3-5-7-9-18-10-11-19(24(29)30)17-20(18)25(31)32/h10-11,13,19-20,26-27H,2-9,12,14-15H2,1H3,(H,23,28);10-11,15-17H,2-9,12-14H2,1H3,(H,23,28). The van der Waals surface area contributed by atoms with Crippen molar-refractivity contribution in [3.05, 3.63) is 88.0 Å². The number of nitro groups is 4. The zero-order chi connectivity index (χ0) is 47.7. The van der Waals surface area contributed by atoms with Crippen molar-refractivity contribution in [2.45, 2.75) is 154 Å². The molecule has 4 N–H and O–H groups in total. The number of carbonyl (C=O) groups is 4. The average Bonchev–Trinajstić information content (AvgIpc) is 3.52. The van der Waals surface area contributed by atoms with Crippen LogP contribution in [0.2, 0.25) is 0 Å². The number of hydrogen-bond acceptors (Lipinski definition) is 14. The minimum atomic E-state index is -0.984. The molecule has 64 heavy (non-hydrogen) atoms. The molecule has 1 saturated carbocycles. The largest absolute Gasteiger partial charge is 0.390 e. The molecular weight excluding hydrogens is 837 g/mol. The van der Waals surface area contributed by atoms with Crippen LogP contribution in [0.4, 0.5) is 22.7 Å². The van der Waals surface area contributed by atoms with Crippen LogP contribution in [-0.4, -0.2) is 79.6 Å². The lowest BCUT2D eigenvalue weighted by Crippen LogP contribution is -2.40. The molecular formula is C44H64N6O14. The van der Waals surface area contributed by atoms with Crippen molar-refractivity contribution < 1.29 is 49.1 Å². The summed E-state index contributed by atoms with van der Waals surface area (Å²) in [5, 5.41) is 68.9. The molecule has 0 spiro atoms. The second-order valence-corrected chi connectivity index (χ2v) is 17.0. The summed E-state index contributed by atoms with van der Waals surface area (Å²) in [6.07, 6.45) is 14.2. The number of amides is 2. The first-order valence-corrected chi connectivity index (χ1v) is 22.0. The molecule has 0 saturated heterocycles. The molecule has 0 heterocycles. The summed E-state index contributed by atoms with van der Waals surface area (Å²) >= 11 is 0. The molecule has 3 rings (SSSR count). The maximum atomic E-state index is 12.3. The van der Waals surface area contributed by atoms with Gasteiger partial charge in [0.25, 0.3) is 22.7 Å². The molecule has 1 aliphatic carbocycles. The van der Waals surface area contributed by atoms with Crippen molar-refractivity contribution in [1.82, 2.24) is 10.6 Å². The van der Waals surface area contributed by atoms with Crippen LogP contribution in [0, 0.1) is 51.3 Å². The second-order valence-electron chi connectivity index (χ2n) is 17.0. The van der Waals surface area contributed by atoms with Crippen LogP contribution < -0.4 is 10.6 Å². The second kappa shape index (κ2) is 28.1. The van der Waals surface area contributed by atoms with Gasteiger partial charge in [-0.3, -0.25) is 50.0 Å². The Hall–Kier alpha value is -5.76. The van der Waals surface area contributed by atoms with Crippen LogP contribution in [0.15, 0.2) is 36.4 Å². The van der Waals surface area contributed by atoms with Crippen LogP contribution in [0.3, 0.4) is 0 Å². The minimum absolute atomic E-state index is 0.0145. The summed E-state index contributed by atoms with van der Waals surface area (Å²) < 4.78 is 0. The Labute approximate surface area is 372 Å². The maximum Gasteiger partial charge on any atom is 0.279 e. The Kier molecular flexibility index (Phi) is 23.9. The number of aliphatic hydroxyl groups excluding tert-OH is 2. The summed E-state index contributed by atoms with van der Waals surface area (Å²) in [7, 11) is 0. The van der Waals surface area contributed by atoms with Gasteiger partial charge < -0.3 is 30.4 Å². The number of benzene rings is 2. The van der Waals surface area contributed by atoms with Gasteiger partial charge in [-0.1, -0.05) is 71.1 Å². The van der Waals surface area contributed by atoms with E-state index in [9.17, 15) is 69.8 Å². The number of aryl methyl sites for hydroxylation is 2. The Morgan fingerprint density at radius 2 is 0.984 bits per heavy atom. The van der Waals surface area contributed by atoms with Gasteiger partial charge in [0.1, 0.15) is 12.6 Å². The number of nitrogens with one attached hydrogen (secondary N) is 2. The number of nitrogens with zero attached hydrogens (tertiary/aromatic N) is 4. The predicted molar refractivity (Wildman–Crippen MR) is 236 cm³/mol. The van der Waals surface area contributed by atoms with Crippen LogP contribution in [0.5, 0.6) is 0 Å². The lowest BCUT2D eigenvalue weighted by atomic mass is 9.83. The Balaban J connectivity index is 0.000000440. The van der Waals surface area contributed by atoms with E-state index in [2.05, 4.69) is 10.6 Å². The lowest BCUT2D eigenvalue weighted by molar-refractivity contribution is -0.394. The molecule has 20 heteroatoms. The normalized spacial score (nSPS) is 16.8. The van der Waals surface area contributed by atoms with E-state index >= 15 is 0 Å². The van der Waals surface area contributed by atoms with E-state index in [-0.39, 0.29) is 60.2 Å². The monoisotopic (exact) mass is 900 g/mol. The van der Waals surface area contributed by atoms with E-state index in [0.717, 1.165) is 102 Å². The molecule has 20 nitrogen and oxygen atoms in total. The first-order chi connectivity index (χ1) is 30.4. The first-order valence-electron chi connectivity index (χ1n) is 22.0. The SMILES string of the molecule is CC(CC=O)(CC=O)C(=O)NCCCCCCCCCc1ccc([N+](=O)[O-])cc1[N+](=O)[O-].CC1(C(=O)NCCCCCCCCCc2ccc([N+](=O)[O-])cc2[N+](=O)[O-])CC(O)C(O)C1. The average molecular weight is 901 g/mol. The molecule has 0 aromatic heterocycles. The molecule has 2 aromatic rings. The molecule has 354 valence electrons. The zero-order valence-electron chi connectivity index (χ0n) is 36.9. The van der Waals surface area contributed by atoms with Crippen molar-refractivity contribution in [2.75, 3.05) is 13.1 Å². The summed E-state index contributed by atoms with van der Waals surface area (Å²) in [5.74, 6) is -0.398. The molecule has 0 bridgehead atoms. The molecule has 2 aromatic carbocycles. The number of unbranched alkanes of at least 4 members (excludes halogenated alkanes) is 12. The van der Waals surface area contributed by atoms with Gasteiger partial charge in [0.15, 0.2) is 0 Å². The van der Waals surface area contributed by atoms with E-state index in [1.54, 1.807) is 13.8 Å². The van der Waals surface area contributed by atoms with Gasteiger partial charge in [0.2, 0.25) is 11.8 Å². The van der Waals surface area contributed by atoms with E-state index in [0.29, 0.717) is 49.6 Å². The molecule has 1 fully saturated rings. The van der Waals surface area contributed by atoms with Crippen molar-refractivity contribution in [3.63, 3.8) is 0 Å². The molecule has 0 aliphatic heterocycles. The molecule has 2 atom stereocenters. The van der Waals surface area contributed by atoms with E-state index in [4.69, 9.17) is 0 Å². The van der Waals surface area contributed by atoms with Gasteiger partial charge in [-0.2, -0.15) is 0 Å². The number of non-ortho nitro benzene ring substituents is 2. The number of rotatable bonds is 30. The summed E-state index contributed by atoms with van der Waals surface area (Å²) in [6.45, 7) is 4.45. The first kappa shape index (κ1) is 54.4. The van der Waals surface area contributed by atoms with Gasteiger partial charge in [0.05, 0.1) is 54.9 Å². The third kappa shape index (κ3) is 18.5. The molecule has 0 radical (unpaired) electrons. The van der Waals surface area contributed by atoms with Gasteiger partial charge >= 0.3 is 0 Å². The van der Waals surface area contributed by atoms with E-state index < -0.39 is 42.7 Å². The van der Waals surface area contributed by atoms with Crippen LogP contribution in [0.1, 0.15) is 141 Å². The highest BCUT2D eigenvalue weighted by Gasteiger charge is 2.45. The number of nitro benzene ring substituents is 4. The summed E-state index contributed by atoms with van der Waals surface area (Å²) in [4.78, 5) is 87.4. The van der Waals surface area contributed by atoms with Crippen LogP contribution in [-0.2, 0) is 32.0 Å². The van der Waals surface area contributed by atoms with Crippen molar-refractivity contribution in [3.8, 4) is 0 Å². The number of hydrogen-bond donors (Lipinski definition) is 4. The topological polar surface area (TPSA) is 305 Å². The van der Waals surface area contributed by atoms with Gasteiger partial charge in [0, 0.05) is 49.2 Å². The number of aldehydes is 2. The zero-order valence-corrected chi connectivity index (χ0v) is 36.9. The molecule has 2 unspecified atom stereocenters. The van der Waals surface area contributed by atoms with Crippen molar-refractivity contribution in [1.29, 1.82) is 0 Å². The highest BCUT2D eigenvalue weighted by atomic mass is 16.6. The van der Waals surface area contributed by atoms with E-state index in [1.807, 2.05) is 0 Å². The fourth-order valence-corrected chi connectivity index (χ4v) is 7.67. The maximum absolute atomic E-state index is 12.3. The van der Waals surface area contributed by atoms with Crippen LogP contribution >= 0.6 is 0 Å².